The van der Waals surface area contributed by atoms with E-state index in [-0.39, 0.29) is 5.91 Å². The van der Waals surface area contributed by atoms with Gasteiger partial charge in [0.25, 0.3) is 5.91 Å². The molecule has 1 rings (SSSR count). The molecule has 1 aromatic rings. The first-order chi connectivity index (χ1) is 7.65. The number of amides is 1. The Kier molecular flexibility index (Phi) is 4.94. The Labute approximate surface area is 94.8 Å². The van der Waals surface area contributed by atoms with Crippen LogP contribution in [0.5, 0.6) is 0 Å². The van der Waals surface area contributed by atoms with Gasteiger partial charge in [0, 0.05) is 26.3 Å². The highest BCUT2D eigenvalue weighted by Gasteiger charge is 2.11. The van der Waals surface area contributed by atoms with Crippen molar-refractivity contribution in [1.29, 1.82) is 0 Å². The lowest BCUT2D eigenvalue weighted by atomic mass is 10.2. The zero-order chi connectivity index (χ0) is 12.0. The van der Waals surface area contributed by atoms with Crippen LogP contribution in [0.4, 0.5) is 0 Å². The zero-order valence-electron chi connectivity index (χ0n) is 9.69. The highest BCUT2D eigenvalue weighted by molar-refractivity contribution is 5.94. The zero-order valence-corrected chi connectivity index (χ0v) is 9.69. The number of carbonyl (C=O) groups excluding carboxylic acids is 1. The van der Waals surface area contributed by atoms with E-state index in [2.05, 4.69) is 10.4 Å². The van der Waals surface area contributed by atoms with Gasteiger partial charge < -0.3 is 15.8 Å². The third-order valence-corrected chi connectivity index (χ3v) is 2.05. The van der Waals surface area contributed by atoms with Crippen molar-refractivity contribution in [2.24, 2.45) is 12.8 Å². The first kappa shape index (κ1) is 12.7. The van der Waals surface area contributed by atoms with Gasteiger partial charge in [-0.2, -0.15) is 5.10 Å². The molecule has 1 aromatic heterocycles. The molecule has 90 valence electrons. The SMILES string of the molecule is Cc1nn(C)cc1C(=O)NCCOCCN. The third-order valence-electron chi connectivity index (χ3n) is 2.05. The fourth-order valence-corrected chi connectivity index (χ4v) is 1.34. The lowest BCUT2D eigenvalue weighted by molar-refractivity contribution is 0.0919. The maximum absolute atomic E-state index is 11.7. The second-order valence-corrected chi connectivity index (χ2v) is 3.46. The van der Waals surface area contributed by atoms with Crippen LogP contribution >= 0.6 is 0 Å². The number of nitrogens with zero attached hydrogens (tertiary/aromatic N) is 2. The fourth-order valence-electron chi connectivity index (χ4n) is 1.34. The normalized spacial score (nSPS) is 10.4. The van der Waals surface area contributed by atoms with E-state index in [9.17, 15) is 4.79 Å². The van der Waals surface area contributed by atoms with Crippen LogP contribution in [0.15, 0.2) is 6.20 Å². The van der Waals surface area contributed by atoms with Gasteiger partial charge in [0.15, 0.2) is 0 Å². The van der Waals surface area contributed by atoms with Crippen LogP contribution in [-0.2, 0) is 11.8 Å². The molecule has 0 spiro atoms. The van der Waals surface area contributed by atoms with Crippen LogP contribution in [0.3, 0.4) is 0 Å². The van der Waals surface area contributed by atoms with Crippen molar-refractivity contribution in [3.05, 3.63) is 17.5 Å². The summed E-state index contributed by atoms with van der Waals surface area (Å²) in [6, 6.07) is 0. The summed E-state index contributed by atoms with van der Waals surface area (Å²) in [7, 11) is 1.79. The summed E-state index contributed by atoms with van der Waals surface area (Å²) in [4.78, 5) is 11.7. The van der Waals surface area contributed by atoms with E-state index >= 15 is 0 Å². The number of nitrogens with one attached hydrogen (secondary N) is 1. The Morgan fingerprint density at radius 2 is 2.38 bits per heavy atom. The predicted octanol–water partition coefficient (Wildman–Crippen LogP) is -0.566. The van der Waals surface area contributed by atoms with Crippen molar-refractivity contribution in [2.75, 3.05) is 26.3 Å². The number of hydrogen-bond donors (Lipinski definition) is 2. The van der Waals surface area contributed by atoms with Crippen molar-refractivity contribution >= 4 is 5.91 Å². The van der Waals surface area contributed by atoms with Crippen molar-refractivity contribution in [3.8, 4) is 0 Å². The quantitative estimate of drug-likeness (QED) is 0.637. The number of aromatic nitrogens is 2. The molecule has 3 N–H and O–H groups in total. The summed E-state index contributed by atoms with van der Waals surface area (Å²) in [5, 5.41) is 6.85. The van der Waals surface area contributed by atoms with E-state index in [1.165, 1.54) is 0 Å². The van der Waals surface area contributed by atoms with Crippen molar-refractivity contribution < 1.29 is 9.53 Å². The lowest BCUT2D eigenvalue weighted by Crippen LogP contribution is -2.28. The van der Waals surface area contributed by atoms with Crippen LogP contribution in [0.25, 0.3) is 0 Å². The molecule has 0 aliphatic carbocycles. The number of hydrogen-bond acceptors (Lipinski definition) is 4. The molecule has 1 heterocycles. The minimum Gasteiger partial charge on any atom is -0.378 e. The average Bonchev–Trinajstić information content (AvgIpc) is 2.57. The van der Waals surface area contributed by atoms with Crippen molar-refractivity contribution in [2.45, 2.75) is 6.92 Å². The first-order valence-electron chi connectivity index (χ1n) is 5.21. The monoisotopic (exact) mass is 226 g/mol. The van der Waals surface area contributed by atoms with Crippen LogP contribution in [0, 0.1) is 6.92 Å². The van der Waals surface area contributed by atoms with Gasteiger partial charge in [-0.25, -0.2) is 0 Å². The van der Waals surface area contributed by atoms with Crippen molar-refractivity contribution in [1.82, 2.24) is 15.1 Å². The summed E-state index contributed by atoms with van der Waals surface area (Å²) in [5.41, 5.74) is 6.58. The summed E-state index contributed by atoms with van der Waals surface area (Å²) in [6.45, 7) is 3.77. The molecular formula is C10H18N4O2. The Hall–Kier alpha value is -1.40. The van der Waals surface area contributed by atoms with E-state index in [1.54, 1.807) is 24.9 Å². The van der Waals surface area contributed by atoms with Gasteiger partial charge in [-0.15, -0.1) is 0 Å². The van der Waals surface area contributed by atoms with Gasteiger partial charge in [0.05, 0.1) is 24.5 Å². The Balaban J connectivity index is 2.33. The second kappa shape index (κ2) is 6.24. The van der Waals surface area contributed by atoms with Gasteiger partial charge in [0.1, 0.15) is 0 Å². The summed E-state index contributed by atoms with van der Waals surface area (Å²) in [6.07, 6.45) is 1.70. The molecule has 0 saturated carbocycles. The molecule has 0 fully saturated rings. The topological polar surface area (TPSA) is 82.2 Å². The Morgan fingerprint density at radius 3 is 2.94 bits per heavy atom. The number of ether oxygens (including phenoxy) is 1. The average molecular weight is 226 g/mol. The number of nitrogens with two attached hydrogens (primary N) is 1. The summed E-state index contributed by atoms with van der Waals surface area (Å²) < 4.78 is 6.76. The van der Waals surface area contributed by atoms with E-state index in [0.29, 0.717) is 31.9 Å². The molecule has 0 saturated heterocycles. The highest BCUT2D eigenvalue weighted by Crippen LogP contribution is 2.03. The van der Waals surface area contributed by atoms with E-state index in [0.717, 1.165) is 5.69 Å². The standard InChI is InChI=1S/C10H18N4O2/c1-8-9(7-14(2)13-8)10(15)12-4-6-16-5-3-11/h7H,3-6,11H2,1-2H3,(H,12,15). The molecule has 0 aliphatic rings. The smallest absolute Gasteiger partial charge is 0.254 e. The maximum atomic E-state index is 11.7. The van der Waals surface area contributed by atoms with Crippen LogP contribution < -0.4 is 11.1 Å². The van der Waals surface area contributed by atoms with Crippen LogP contribution in [0.2, 0.25) is 0 Å². The first-order valence-corrected chi connectivity index (χ1v) is 5.21. The number of rotatable bonds is 6. The highest BCUT2D eigenvalue weighted by atomic mass is 16.5. The fraction of sp³-hybridized carbons (Fsp3) is 0.600. The van der Waals surface area contributed by atoms with Crippen molar-refractivity contribution in [3.63, 3.8) is 0 Å². The predicted molar refractivity (Wildman–Crippen MR) is 60.2 cm³/mol. The lowest BCUT2D eigenvalue weighted by Gasteiger charge is -2.04. The van der Waals surface area contributed by atoms with E-state index in [1.807, 2.05) is 0 Å². The van der Waals surface area contributed by atoms with Gasteiger partial charge in [0.2, 0.25) is 0 Å². The second-order valence-electron chi connectivity index (χ2n) is 3.46. The van der Waals surface area contributed by atoms with Crippen LogP contribution in [0.1, 0.15) is 16.1 Å². The molecule has 0 bridgehead atoms. The van der Waals surface area contributed by atoms with Gasteiger partial charge in [-0.3, -0.25) is 9.48 Å². The van der Waals surface area contributed by atoms with Gasteiger partial charge in [-0.05, 0) is 6.92 Å². The molecule has 16 heavy (non-hydrogen) atoms. The molecule has 6 nitrogen and oxygen atoms in total. The molecule has 0 aromatic carbocycles. The third kappa shape index (κ3) is 3.63. The molecule has 0 unspecified atom stereocenters. The summed E-state index contributed by atoms with van der Waals surface area (Å²) in [5.74, 6) is -0.123. The molecule has 0 aliphatic heterocycles. The Morgan fingerprint density at radius 1 is 1.62 bits per heavy atom. The van der Waals surface area contributed by atoms with Crippen LogP contribution in [-0.4, -0.2) is 42.0 Å². The minimum absolute atomic E-state index is 0.123. The molecular weight excluding hydrogens is 208 g/mol. The number of carbonyl (C=O) groups is 1. The Bertz CT molecular complexity index is 349. The maximum Gasteiger partial charge on any atom is 0.254 e. The summed E-state index contributed by atoms with van der Waals surface area (Å²) >= 11 is 0. The molecule has 1 amide bonds. The molecule has 0 radical (unpaired) electrons. The molecule has 0 atom stereocenters. The van der Waals surface area contributed by atoms with E-state index in [4.69, 9.17) is 10.5 Å². The number of aryl methyl sites for hydroxylation is 2. The largest absolute Gasteiger partial charge is 0.378 e. The molecule has 6 heteroatoms. The van der Waals surface area contributed by atoms with E-state index < -0.39 is 0 Å². The van der Waals surface area contributed by atoms with Gasteiger partial charge >= 0.3 is 0 Å². The van der Waals surface area contributed by atoms with Gasteiger partial charge in [-0.1, -0.05) is 0 Å². The minimum atomic E-state index is -0.123.